The minimum atomic E-state index is -0.327. The standard InChI is InChI=1S/C23H24N2O2S/c1-14(2)9-10-24-19-7-5-17(6-8-19)20-12-15(3)18(11-16(20)4)13-21-22(26)25-23(27)28-21/h5-9,11-13,24H,10H2,1-4H3,(H,25,26,27)/b21-13-. The largest absolute Gasteiger partial charge is 0.382 e. The second kappa shape index (κ2) is 8.48. The van der Waals surface area contributed by atoms with Gasteiger partial charge in [0.05, 0.1) is 4.91 Å². The van der Waals surface area contributed by atoms with Gasteiger partial charge >= 0.3 is 0 Å². The average Bonchev–Trinajstić information content (AvgIpc) is 2.95. The number of imide groups is 1. The highest BCUT2D eigenvalue weighted by molar-refractivity contribution is 8.18. The summed E-state index contributed by atoms with van der Waals surface area (Å²) in [6.45, 7) is 9.07. The molecular formula is C23H24N2O2S. The summed E-state index contributed by atoms with van der Waals surface area (Å²) >= 11 is 0.944. The minimum absolute atomic E-state index is 0.319. The number of nitrogens with one attached hydrogen (secondary N) is 2. The highest BCUT2D eigenvalue weighted by Gasteiger charge is 2.25. The van der Waals surface area contributed by atoms with E-state index in [4.69, 9.17) is 0 Å². The molecule has 2 N–H and O–H groups in total. The van der Waals surface area contributed by atoms with Gasteiger partial charge in [-0.2, -0.15) is 0 Å². The van der Waals surface area contributed by atoms with Gasteiger partial charge in [-0.15, -0.1) is 0 Å². The van der Waals surface area contributed by atoms with Crippen molar-refractivity contribution in [3.05, 3.63) is 69.6 Å². The number of hydrogen-bond acceptors (Lipinski definition) is 4. The molecule has 0 saturated carbocycles. The minimum Gasteiger partial charge on any atom is -0.382 e. The molecule has 0 aliphatic carbocycles. The van der Waals surface area contributed by atoms with Gasteiger partial charge in [0.1, 0.15) is 0 Å². The van der Waals surface area contributed by atoms with Crippen LogP contribution in [0.25, 0.3) is 17.2 Å². The fourth-order valence-electron chi connectivity index (χ4n) is 3.01. The maximum Gasteiger partial charge on any atom is 0.290 e. The summed E-state index contributed by atoms with van der Waals surface area (Å²) in [4.78, 5) is 23.6. The van der Waals surface area contributed by atoms with Crippen LogP contribution in [0, 0.1) is 13.8 Å². The lowest BCUT2D eigenvalue weighted by Crippen LogP contribution is -2.17. The van der Waals surface area contributed by atoms with Crippen LogP contribution in [0.1, 0.15) is 30.5 Å². The first-order valence-corrected chi connectivity index (χ1v) is 9.99. The third-order valence-corrected chi connectivity index (χ3v) is 5.36. The van der Waals surface area contributed by atoms with E-state index in [1.54, 1.807) is 6.08 Å². The molecule has 144 valence electrons. The van der Waals surface area contributed by atoms with Crippen LogP contribution in [-0.4, -0.2) is 17.7 Å². The first-order valence-electron chi connectivity index (χ1n) is 9.17. The quantitative estimate of drug-likeness (QED) is 0.508. The van der Waals surface area contributed by atoms with Crippen molar-refractivity contribution < 1.29 is 9.59 Å². The van der Waals surface area contributed by atoms with E-state index in [1.807, 2.05) is 6.92 Å². The summed E-state index contributed by atoms with van der Waals surface area (Å²) in [6.07, 6.45) is 3.94. The number of anilines is 1. The predicted molar refractivity (Wildman–Crippen MR) is 118 cm³/mol. The number of carbonyl (C=O) groups is 2. The number of allylic oxidation sites excluding steroid dienone is 1. The number of benzene rings is 2. The Morgan fingerprint density at radius 3 is 2.39 bits per heavy atom. The van der Waals surface area contributed by atoms with Crippen LogP contribution in [0.3, 0.4) is 0 Å². The molecule has 0 radical (unpaired) electrons. The molecule has 1 heterocycles. The molecule has 5 heteroatoms. The summed E-state index contributed by atoms with van der Waals surface area (Å²) < 4.78 is 0. The van der Waals surface area contributed by atoms with Gasteiger partial charge in [-0.3, -0.25) is 14.9 Å². The molecule has 1 fully saturated rings. The highest BCUT2D eigenvalue weighted by Crippen LogP contribution is 2.31. The molecule has 28 heavy (non-hydrogen) atoms. The molecule has 0 atom stereocenters. The van der Waals surface area contributed by atoms with Crippen molar-refractivity contribution in [1.82, 2.24) is 5.32 Å². The molecule has 0 spiro atoms. The normalized spacial score (nSPS) is 14.9. The predicted octanol–water partition coefficient (Wildman–Crippen LogP) is 5.67. The number of rotatable bonds is 5. The fourth-order valence-corrected chi connectivity index (χ4v) is 3.68. The molecule has 2 amide bonds. The van der Waals surface area contributed by atoms with Crippen molar-refractivity contribution in [3.8, 4) is 11.1 Å². The van der Waals surface area contributed by atoms with Gasteiger partial charge in [0.25, 0.3) is 11.1 Å². The van der Waals surface area contributed by atoms with Gasteiger partial charge in [0, 0.05) is 12.2 Å². The van der Waals surface area contributed by atoms with E-state index in [0.29, 0.717) is 4.91 Å². The Hall–Kier alpha value is -2.79. The van der Waals surface area contributed by atoms with Gasteiger partial charge in [0.15, 0.2) is 0 Å². The van der Waals surface area contributed by atoms with E-state index in [1.165, 1.54) is 5.57 Å². The Bertz CT molecular complexity index is 984. The lowest BCUT2D eigenvalue weighted by Gasteiger charge is -2.12. The second-order valence-corrected chi connectivity index (χ2v) is 8.13. The van der Waals surface area contributed by atoms with Gasteiger partial charge in [0.2, 0.25) is 0 Å². The zero-order valence-electron chi connectivity index (χ0n) is 16.6. The summed E-state index contributed by atoms with van der Waals surface area (Å²) in [5.41, 5.74) is 7.83. The molecule has 2 aromatic carbocycles. The van der Waals surface area contributed by atoms with Crippen LogP contribution in [0.4, 0.5) is 10.5 Å². The van der Waals surface area contributed by atoms with Crippen molar-refractivity contribution in [3.63, 3.8) is 0 Å². The molecule has 1 aliphatic heterocycles. The Morgan fingerprint density at radius 1 is 1.07 bits per heavy atom. The Balaban J connectivity index is 1.83. The molecule has 0 bridgehead atoms. The number of aryl methyl sites for hydroxylation is 2. The first kappa shape index (κ1) is 20.0. The highest BCUT2D eigenvalue weighted by atomic mass is 32.2. The number of carbonyl (C=O) groups excluding carboxylic acids is 2. The van der Waals surface area contributed by atoms with Crippen molar-refractivity contribution in [2.75, 3.05) is 11.9 Å². The molecule has 4 nitrogen and oxygen atoms in total. The molecule has 0 unspecified atom stereocenters. The van der Waals surface area contributed by atoms with Crippen molar-refractivity contribution in [2.24, 2.45) is 0 Å². The first-order chi connectivity index (χ1) is 13.3. The molecule has 1 aliphatic rings. The molecular weight excluding hydrogens is 368 g/mol. The summed E-state index contributed by atoms with van der Waals surface area (Å²) in [6, 6.07) is 12.6. The summed E-state index contributed by atoms with van der Waals surface area (Å²) in [5.74, 6) is -0.327. The number of thioether (sulfide) groups is 1. The zero-order valence-corrected chi connectivity index (χ0v) is 17.4. The Morgan fingerprint density at radius 2 is 1.79 bits per heavy atom. The summed E-state index contributed by atoms with van der Waals surface area (Å²) in [5, 5.41) is 5.36. The smallest absolute Gasteiger partial charge is 0.290 e. The maximum atomic E-state index is 11.8. The van der Waals surface area contributed by atoms with Crippen molar-refractivity contribution in [1.29, 1.82) is 0 Å². The van der Waals surface area contributed by atoms with E-state index < -0.39 is 0 Å². The van der Waals surface area contributed by atoms with E-state index >= 15 is 0 Å². The lowest BCUT2D eigenvalue weighted by molar-refractivity contribution is -0.115. The topological polar surface area (TPSA) is 58.2 Å². The van der Waals surface area contributed by atoms with Crippen LogP contribution in [-0.2, 0) is 4.79 Å². The number of amides is 2. The van der Waals surface area contributed by atoms with E-state index in [-0.39, 0.29) is 11.1 Å². The van der Waals surface area contributed by atoms with Gasteiger partial charge < -0.3 is 5.32 Å². The Kier molecular flexibility index (Phi) is 6.05. The maximum absolute atomic E-state index is 11.8. The number of hydrogen-bond donors (Lipinski definition) is 2. The van der Waals surface area contributed by atoms with Crippen LogP contribution >= 0.6 is 11.8 Å². The van der Waals surface area contributed by atoms with Crippen LogP contribution < -0.4 is 10.6 Å². The Labute approximate surface area is 170 Å². The van der Waals surface area contributed by atoms with Crippen molar-refractivity contribution >= 4 is 34.7 Å². The fraction of sp³-hybridized carbons (Fsp3) is 0.217. The van der Waals surface area contributed by atoms with Crippen molar-refractivity contribution in [2.45, 2.75) is 27.7 Å². The van der Waals surface area contributed by atoms with Gasteiger partial charge in [-0.25, -0.2) is 0 Å². The van der Waals surface area contributed by atoms with Gasteiger partial charge in [-0.05, 0) is 85.5 Å². The van der Waals surface area contributed by atoms with Crippen LogP contribution in [0.2, 0.25) is 0 Å². The SMILES string of the molecule is CC(C)=CCNc1ccc(-c2cc(C)c(/C=C3\SC(=O)NC3=O)cc2C)cc1. The van der Waals surface area contributed by atoms with Crippen LogP contribution in [0.5, 0.6) is 0 Å². The van der Waals surface area contributed by atoms with E-state index in [9.17, 15) is 9.59 Å². The molecule has 0 aromatic heterocycles. The van der Waals surface area contributed by atoms with E-state index in [0.717, 1.165) is 51.8 Å². The monoisotopic (exact) mass is 392 g/mol. The molecule has 1 saturated heterocycles. The van der Waals surface area contributed by atoms with Crippen LogP contribution in [0.15, 0.2) is 53.0 Å². The third kappa shape index (κ3) is 4.73. The molecule has 3 rings (SSSR count). The average molecular weight is 393 g/mol. The zero-order chi connectivity index (χ0) is 20.3. The van der Waals surface area contributed by atoms with Gasteiger partial charge in [-0.1, -0.05) is 35.9 Å². The van der Waals surface area contributed by atoms with E-state index in [2.05, 4.69) is 73.9 Å². The molecule has 2 aromatic rings. The lowest BCUT2D eigenvalue weighted by atomic mass is 9.94. The third-order valence-electron chi connectivity index (χ3n) is 4.55. The summed E-state index contributed by atoms with van der Waals surface area (Å²) in [7, 11) is 0. The second-order valence-electron chi connectivity index (χ2n) is 7.12.